The van der Waals surface area contributed by atoms with Crippen LogP contribution in [0.25, 0.3) is 5.52 Å². The van der Waals surface area contributed by atoms with E-state index in [-0.39, 0.29) is 34.1 Å². The van der Waals surface area contributed by atoms with Crippen molar-refractivity contribution in [2.24, 2.45) is 4.40 Å². The molecule has 2 aromatic carbocycles. The fourth-order valence-corrected chi connectivity index (χ4v) is 5.93. The highest BCUT2D eigenvalue weighted by Gasteiger charge is 2.30. The number of rotatable bonds is 5. The quantitative estimate of drug-likeness (QED) is 0.341. The van der Waals surface area contributed by atoms with Crippen molar-refractivity contribution in [1.82, 2.24) is 4.40 Å². The first kappa shape index (κ1) is 24.8. The van der Waals surface area contributed by atoms with Crippen LogP contribution in [0.3, 0.4) is 0 Å². The van der Waals surface area contributed by atoms with Gasteiger partial charge < -0.3 is 10.4 Å². The van der Waals surface area contributed by atoms with Crippen molar-refractivity contribution in [2.45, 2.75) is 11.3 Å². The van der Waals surface area contributed by atoms with E-state index in [1.54, 1.807) is 48.7 Å². The molecule has 0 radical (unpaired) electrons. The van der Waals surface area contributed by atoms with Gasteiger partial charge in [0.25, 0.3) is 10.0 Å². The summed E-state index contributed by atoms with van der Waals surface area (Å²) in [5.41, 5.74) is 0.728. The minimum atomic E-state index is -4.36. The second-order valence-corrected chi connectivity index (χ2v) is 12.1. The molecular weight excluding hydrogens is 540 g/mol. The largest absolute Gasteiger partial charge is 0.494 e. The molecule has 0 saturated heterocycles. The lowest BCUT2D eigenvalue weighted by molar-refractivity contribution is 0.443. The Bertz CT molecular complexity index is 1880. The molecule has 1 aliphatic rings. The van der Waals surface area contributed by atoms with Gasteiger partial charge in [-0.05, 0) is 48.0 Å². The second kappa shape index (κ2) is 8.91. The molecule has 13 heteroatoms. The number of hydrogen-bond acceptors (Lipinski definition) is 7. The summed E-state index contributed by atoms with van der Waals surface area (Å²) in [4.78, 5) is 13.4. The van der Waals surface area contributed by atoms with Crippen molar-refractivity contribution >= 4 is 54.4 Å². The van der Waals surface area contributed by atoms with Crippen LogP contribution in [0.4, 0.5) is 11.4 Å². The standard InChI is InChI=1S/C24H19ClN4O6S2/c1-36(32,33)27-16-9-10-18-20(13-16)37(34,35)28-23(26-18)21-22(30)17(12-14-5-7-15(25)8-6-14)19-4-2-3-11-29(19)24(21)31/h2-11,13,27,31H,12H2,1H3,(H,26,28). The van der Waals surface area contributed by atoms with Crippen LogP contribution in [0.15, 0.2) is 80.9 Å². The van der Waals surface area contributed by atoms with Crippen molar-refractivity contribution in [3.63, 3.8) is 0 Å². The number of aromatic nitrogens is 1. The van der Waals surface area contributed by atoms with E-state index in [0.717, 1.165) is 17.9 Å². The van der Waals surface area contributed by atoms with Gasteiger partial charge in [0.05, 0.1) is 17.5 Å². The number of aromatic hydroxyl groups is 1. The Kier molecular flexibility index (Phi) is 5.97. The summed E-state index contributed by atoms with van der Waals surface area (Å²) in [5.74, 6) is -0.838. The van der Waals surface area contributed by atoms with E-state index in [1.165, 1.54) is 16.5 Å². The number of pyridine rings is 2. The first-order valence-electron chi connectivity index (χ1n) is 10.8. The number of amidine groups is 1. The summed E-state index contributed by atoms with van der Waals surface area (Å²) >= 11 is 5.98. The molecule has 37 heavy (non-hydrogen) atoms. The van der Waals surface area contributed by atoms with Crippen LogP contribution < -0.4 is 15.5 Å². The topological polar surface area (TPSA) is 146 Å². The first-order chi connectivity index (χ1) is 17.4. The predicted octanol–water partition coefficient (Wildman–Crippen LogP) is 3.18. The van der Waals surface area contributed by atoms with Gasteiger partial charge in [0.15, 0.2) is 5.84 Å². The van der Waals surface area contributed by atoms with Gasteiger partial charge in [0, 0.05) is 28.9 Å². The number of sulfonamides is 2. The van der Waals surface area contributed by atoms with Crippen LogP contribution in [0.5, 0.6) is 5.88 Å². The number of nitrogens with zero attached hydrogens (tertiary/aromatic N) is 2. The van der Waals surface area contributed by atoms with Crippen molar-refractivity contribution in [1.29, 1.82) is 0 Å². The zero-order chi connectivity index (χ0) is 26.5. The fraction of sp³-hybridized carbons (Fsp3) is 0.0833. The average Bonchev–Trinajstić information content (AvgIpc) is 2.82. The number of halogens is 1. The van der Waals surface area contributed by atoms with E-state index >= 15 is 0 Å². The Hall–Kier alpha value is -3.87. The molecule has 3 heterocycles. The summed E-state index contributed by atoms with van der Waals surface area (Å²) in [6.07, 6.45) is 2.68. The Morgan fingerprint density at radius 2 is 1.84 bits per heavy atom. The smallest absolute Gasteiger partial charge is 0.286 e. The molecule has 0 fully saturated rings. The monoisotopic (exact) mass is 558 g/mol. The van der Waals surface area contributed by atoms with Crippen molar-refractivity contribution in [2.75, 3.05) is 16.3 Å². The minimum Gasteiger partial charge on any atom is -0.494 e. The molecule has 5 rings (SSSR count). The number of nitrogens with one attached hydrogen (secondary N) is 2. The Morgan fingerprint density at radius 1 is 1.11 bits per heavy atom. The normalized spacial score (nSPS) is 14.5. The van der Waals surface area contributed by atoms with Gasteiger partial charge in [-0.3, -0.25) is 13.9 Å². The van der Waals surface area contributed by atoms with E-state index in [4.69, 9.17) is 11.6 Å². The van der Waals surface area contributed by atoms with Gasteiger partial charge in [-0.25, -0.2) is 8.42 Å². The molecule has 0 saturated carbocycles. The first-order valence-corrected chi connectivity index (χ1v) is 14.5. The Morgan fingerprint density at radius 3 is 2.54 bits per heavy atom. The molecule has 0 spiro atoms. The van der Waals surface area contributed by atoms with Crippen LogP contribution in [0.1, 0.15) is 16.7 Å². The van der Waals surface area contributed by atoms with Crippen LogP contribution in [-0.2, 0) is 26.5 Å². The van der Waals surface area contributed by atoms with E-state index in [9.17, 15) is 26.7 Å². The van der Waals surface area contributed by atoms with Gasteiger partial charge in [-0.2, -0.15) is 8.42 Å². The van der Waals surface area contributed by atoms with Gasteiger partial charge in [-0.1, -0.05) is 29.8 Å². The summed E-state index contributed by atoms with van der Waals surface area (Å²) in [6.45, 7) is 0. The van der Waals surface area contributed by atoms with E-state index in [1.807, 2.05) is 0 Å². The van der Waals surface area contributed by atoms with E-state index in [2.05, 4.69) is 14.4 Å². The third kappa shape index (κ3) is 4.78. The van der Waals surface area contributed by atoms with Crippen molar-refractivity contribution < 1.29 is 21.9 Å². The maximum Gasteiger partial charge on any atom is 0.286 e. The fourth-order valence-electron chi connectivity index (χ4n) is 4.10. The number of anilines is 2. The van der Waals surface area contributed by atoms with Crippen molar-refractivity contribution in [3.05, 3.63) is 98.8 Å². The summed E-state index contributed by atoms with van der Waals surface area (Å²) < 4.78 is 56.6. The lowest BCUT2D eigenvalue weighted by atomic mass is 10.0. The van der Waals surface area contributed by atoms with Gasteiger partial charge in [-0.15, -0.1) is 4.40 Å². The SMILES string of the molecule is CS(=O)(=O)Nc1ccc2c(c1)S(=O)(=O)N=C(c1c(O)n3ccccc3c(Cc3ccc(Cl)cc3)c1=O)N2. The molecule has 190 valence electrons. The molecule has 0 atom stereocenters. The zero-order valence-electron chi connectivity index (χ0n) is 19.1. The van der Waals surface area contributed by atoms with Gasteiger partial charge in [0.1, 0.15) is 10.5 Å². The molecule has 0 bridgehead atoms. The van der Waals surface area contributed by atoms with Crippen molar-refractivity contribution in [3.8, 4) is 5.88 Å². The molecule has 10 nitrogen and oxygen atoms in total. The van der Waals surface area contributed by atoms with Crippen LogP contribution in [-0.4, -0.2) is 38.4 Å². The van der Waals surface area contributed by atoms with Gasteiger partial charge in [0.2, 0.25) is 21.3 Å². The molecule has 4 aromatic rings. The lowest BCUT2D eigenvalue weighted by Gasteiger charge is -2.21. The molecule has 0 amide bonds. The Labute approximate surface area is 217 Å². The number of hydrogen-bond donors (Lipinski definition) is 3. The number of benzene rings is 2. The maximum atomic E-state index is 13.7. The molecule has 2 aromatic heterocycles. The van der Waals surface area contributed by atoms with Gasteiger partial charge >= 0.3 is 0 Å². The minimum absolute atomic E-state index is 0.0316. The third-order valence-electron chi connectivity index (χ3n) is 5.68. The van der Waals surface area contributed by atoms with Crippen LogP contribution in [0.2, 0.25) is 5.02 Å². The Balaban J connectivity index is 1.67. The highest BCUT2D eigenvalue weighted by atomic mass is 35.5. The summed E-state index contributed by atoms with van der Waals surface area (Å²) in [5, 5.41) is 14.4. The molecular formula is C24H19ClN4O6S2. The zero-order valence-corrected chi connectivity index (χ0v) is 21.5. The second-order valence-electron chi connectivity index (χ2n) is 8.39. The highest BCUT2D eigenvalue weighted by molar-refractivity contribution is 7.92. The van der Waals surface area contributed by atoms with Crippen LogP contribution in [0, 0.1) is 0 Å². The summed E-state index contributed by atoms with van der Waals surface area (Å²) in [7, 11) is -8.01. The predicted molar refractivity (Wildman–Crippen MR) is 142 cm³/mol. The average molecular weight is 559 g/mol. The molecule has 0 unspecified atom stereocenters. The van der Waals surface area contributed by atoms with E-state index < -0.39 is 31.4 Å². The van der Waals surface area contributed by atoms with Crippen LogP contribution >= 0.6 is 11.6 Å². The summed E-state index contributed by atoms with van der Waals surface area (Å²) in [6, 6.07) is 15.8. The number of fused-ring (bicyclic) bond motifs is 2. The molecule has 1 aliphatic heterocycles. The lowest BCUT2D eigenvalue weighted by Crippen LogP contribution is -2.30. The highest BCUT2D eigenvalue weighted by Crippen LogP contribution is 2.33. The third-order valence-corrected chi connectivity index (χ3v) is 7.86. The molecule has 0 aliphatic carbocycles. The maximum absolute atomic E-state index is 13.7. The molecule has 3 N–H and O–H groups in total. The van der Waals surface area contributed by atoms with E-state index in [0.29, 0.717) is 16.1 Å².